The van der Waals surface area contributed by atoms with Gasteiger partial charge >= 0.3 is 0 Å². The molecule has 0 N–H and O–H groups in total. The van der Waals surface area contributed by atoms with Crippen molar-refractivity contribution in [1.82, 2.24) is 14.9 Å². The van der Waals surface area contributed by atoms with Gasteiger partial charge < -0.3 is 9.64 Å². The first kappa shape index (κ1) is 14.3. The number of halogens is 1. The highest BCUT2D eigenvalue weighted by molar-refractivity contribution is 5.30. The Hall–Kier alpha value is -1.27. The molecule has 1 spiro atoms. The van der Waals surface area contributed by atoms with Crippen molar-refractivity contribution >= 4 is 5.95 Å². The number of rotatable bonds is 2. The van der Waals surface area contributed by atoms with Gasteiger partial charge in [0.25, 0.3) is 0 Å². The van der Waals surface area contributed by atoms with Crippen molar-refractivity contribution in [2.24, 2.45) is 5.41 Å². The Morgan fingerprint density at radius 3 is 2.82 bits per heavy atom. The third kappa shape index (κ3) is 2.70. The standard InChI is InChI=1S/C16H23FN4O/c17-13-8-18-15(19-9-13)21-5-1-3-16(12-21)4-6-20(11-16)14-2-7-22-10-14/h8-9,14H,1-7,10-12H2/t14-,16+/m1/s1. The maximum Gasteiger partial charge on any atom is 0.225 e. The van der Waals surface area contributed by atoms with Gasteiger partial charge in [0.15, 0.2) is 5.82 Å². The summed E-state index contributed by atoms with van der Waals surface area (Å²) in [7, 11) is 0. The van der Waals surface area contributed by atoms with E-state index in [0.29, 0.717) is 17.4 Å². The molecule has 3 aliphatic rings. The fourth-order valence-electron chi connectivity index (χ4n) is 4.27. The average molecular weight is 306 g/mol. The second-order valence-corrected chi connectivity index (χ2v) is 6.96. The van der Waals surface area contributed by atoms with Crippen LogP contribution in [0.2, 0.25) is 0 Å². The van der Waals surface area contributed by atoms with Gasteiger partial charge in [-0.1, -0.05) is 0 Å². The zero-order valence-corrected chi connectivity index (χ0v) is 12.9. The van der Waals surface area contributed by atoms with Gasteiger partial charge in [-0.2, -0.15) is 0 Å². The maximum atomic E-state index is 13.0. The van der Waals surface area contributed by atoms with Crippen LogP contribution in [0.4, 0.5) is 10.3 Å². The molecule has 0 aliphatic carbocycles. The van der Waals surface area contributed by atoms with E-state index in [2.05, 4.69) is 19.8 Å². The summed E-state index contributed by atoms with van der Waals surface area (Å²) in [5.74, 6) is 0.298. The van der Waals surface area contributed by atoms with Crippen molar-refractivity contribution in [3.63, 3.8) is 0 Å². The molecule has 3 aliphatic heterocycles. The Morgan fingerprint density at radius 1 is 1.18 bits per heavy atom. The quantitative estimate of drug-likeness (QED) is 0.832. The van der Waals surface area contributed by atoms with E-state index in [4.69, 9.17) is 4.74 Å². The molecule has 6 heteroatoms. The molecule has 0 bridgehead atoms. The highest BCUT2D eigenvalue weighted by Gasteiger charge is 2.44. The van der Waals surface area contributed by atoms with Crippen molar-refractivity contribution in [3.05, 3.63) is 18.2 Å². The topological polar surface area (TPSA) is 41.5 Å². The highest BCUT2D eigenvalue weighted by Crippen LogP contribution is 2.41. The molecule has 3 fully saturated rings. The van der Waals surface area contributed by atoms with Gasteiger partial charge in [0.05, 0.1) is 19.0 Å². The lowest BCUT2D eigenvalue weighted by Crippen LogP contribution is -2.46. The van der Waals surface area contributed by atoms with Crippen LogP contribution in [0.5, 0.6) is 0 Å². The summed E-state index contributed by atoms with van der Waals surface area (Å²) in [6.07, 6.45) is 7.37. The summed E-state index contributed by atoms with van der Waals surface area (Å²) in [5, 5.41) is 0. The largest absolute Gasteiger partial charge is 0.380 e. The average Bonchev–Trinajstić information content (AvgIpc) is 3.18. The summed E-state index contributed by atoms with van der Waals surface area (Å²) < 4.78 is 18.5. The molecule has 0 saturated carbocycles. The zero-order valence-electron chi connectivity index (χ0n) is 12.9. The number of nitrogens with zero attached hydrogens (tertiary/aromatic N) is 4. The Kier molecular flexibility index (Phi) is 3.74. The van der Waals surface area contributed by atoms with Crippen LogP contribution in [-0.4, -0.2) is 60.3 Å². The smallest absolute Gasteiger partial charge is 0.225 e. The van der Waals surface area contributed by atoms with Crippen LogP contribution in [0.1, 0.15) is 25.7 Å². The van der Waals surface area contributed by atoms with Crippen molar-refractivity contribution < 1.29 is 9.13 Å². The minimum atomic E-state index is -0.372. The molecule has 1 aromatic rings. The van der Waals surface area contributed by atoms with E-state index in [1.54, 1.807) is 0 Å². The molecule has 0 amide bonds. The predicted molar refractivity (Wildman–Crippen MR) is 81.3 cm³/mol. The third-order valence-electron chi connectivity index (χ3n) is 5.44. The molecule has 22 heavy (non-hydrogen) atoms. The molecule has 0 unspecified atom stereocenters. The van der Waals surface area contributed by atoms with Gasteiger partial charge in [0.1, 0.15) is 0 Å². The summed E-state index contributed by atoms with van der Waals surface area (Å²) in [4.78, 5) is 13.2. The van der Waals surface area contributed by atoms with Crippen LogP contribution in [0, 0.1) is 11.2 Å². The second-order valence-electron chi connectivity index (χ2n) is 6.96. The maximum absolute atomic E-state index is 13.0. The fraction of sp³-hybridized carbons (Fsp3) is 0.750. The third-order valence-corrected chi connectivity index (χ3v) is 5.44. The molecule has 4 heterocycles. The van der Waals surface area contributed by atoms with Gasteiger partial charge in [-0.25, -0.2) is 14.4 Å². The Morgan fingerprint density at radius 2 is 2.05 bits per heavy atom. The molecular weight excluding hydrogens is 283 g/mol. The number of hydrogen-bond acceptors (Lipinski definition) is 5. The molecule has 0 radical (unpaired) electrons. The van der Waals surface area contributed by atoms with E-state index in [9.17, 15) is 4.39 Å². The molecule has 1 aromatic heterocycles. The SMILES string of the molecule is Fc1cnc(N2CCC[C@@]3(CCN([C@@H]4CCOC4)C3)C2)nc1. The highest BCUT2D eigenvalue weighted by atomic mass is 19.1. The predicted octanol–water partition coefficient (Wildman–Crippen LogP) is 1.70. The fourth-order valence-corrected chi connectivity index (χ4v) is 4.27. The van der Waals surface area contributed by atoms with Crippen LogP contribution in [0.15, 0.2) is 12.4 Å². The molecule has 0 aromatic carbocycles. The summed E-state index contributed by atoms with van der Waals surface area (Å²) >= 11 is 0. The number of anilines is 1. The Bertz CT molecular complexity index is 519. The van der Waals surface area contributed by atoms with Gasteiger partial charge in [-0.15, -0.1) is 0 Å². The molecule has 120 valence electrons. The van der Waals surface area contributed by atoms with E-state index < -0.39 is 0 Å². The van der Waals surface area contributed by atoms with E-state index in [1.807, 2.05) is 0 Å². The van der Waals surface area contributed by atoms with E-state index in [-0.39, 0.29) is 5.82 Å². The number of likely N-dealkylation sites (tertiary alicyclic amines) is 1. The van der Waals surface area contributed by atoms with E-state index in [0.717, 1.165) is 39.3 Å². The van der Waals surface area contributed by atoms with E-state index in [1.165, 1.54) is 38.2 Å². The molecule has 3 saturated heterocycles. The van der Waals surface area contributed by atoms with Crippen LogP contribution >= 0.6 is 0 Å². The number of piperidine rings is 1. The van der Waals surface area contributed by atoms with Crippen molar-refractivity contribution in [1.29, 1.82) is 0 Å². The minimum absolute atomic E-state index is 0.346. The lowest BCUT2D eigenvalue weighted by molar-refractivity contribution is 0.144. The van der Waals surface area contributed by atoms with Gasteiger partial charge in [0.2, 0.25) is 5.95 Å². The number of aromatic nitrogens is 2. The monoisotopic (exact) mass is 306 g/mol. The summed E-state index contributed by atoms with van der Waals surface area (Å²) in [5.41, 5.74) is 0.346. The van der Waals surface area contributed by atoms with Crippen molar-refractivity contribution in [2.45, 2.75) is 31.7 Å². The molecule has 5 nitrogen and oxygen atoms in total. The van der Waals surface area contributed by atoms with Crippen LogP contribution < -0.4 is 4.90 Å². The van der Waals surface area contributed by atoms with Crippen molar-refractivity contribution in [2.75, 3.05) is 44.3 Å². The molecule has 2 atom stereocenters. The molecule has 4 rings (SSSR count). The van der Waals surface area contributed by atoms with Gasteiger partial charge in [0, 0.05) is 37.7 Å². The van der Waals surface area contributed by atoms with E-state index >= 15 is 0 Å². The first-order valence-electron chi connectivity index (χ1n) is 8.28. The van der Waals surface area contributed by atoms with Crippen LogP contribution in [-0.2, 0) is 4.74 Å². The van der Waals surface area contributed by atoms with Crippen molar-refractivity contribution in [3.8, 4) is 0 Å². The second kappa shape index (κ2) is 5.74. The molecular formula is C16H23FN4O. The first-order valence-corrected chi connectivity index (χ1v) is 8.28. The summed E-state index contributed by atoms with van der Waals surface area (Å²) in [6.45, 7) is 6.08. The lowest BCUT2D eigenvalue weighted by atomic mass is 9.79. The van der Waals surface area contributed by atoms with Gasteiger partial charge in [-0.05, 0) is 32.2 Å². The summed E-state index contributed by atoms with van der Waals surface area (Å²) in [6, 6.07) is 0.608. The van der Waals surface area contributed by atoms with Crippen LogP contribution in [0.25, 0.3) is 0 Å². The lowest BCUT2D eigenvalue weighted by Gasteiger charge is -2.40. The number of hydrogen-bond donors (Lipinski definition) is 0. The Labute approximate surface area is 130 Å². The Balaban J connectivity index is 1.45. The van der Waals surface area contributed by atoms with Gasteiger partial charge in [-0.3, -0.25) is 4.90 Å². The first-order chi connectivity index (χ1) is 10.7. The normalized spacial score (nSPS) is 33.0. The zero-order chi connectivity index (χ0) is 15.0. The van der Waals surface area contributed by atoms with Crippen LogP contribution in [0.3, 0.4) is 0 Å². The number of ether oxygens (including phenoxy) is 1. The minimum Gasteiger partial charge on any atom is -0.380 e.